The molecule has 5 nitrogen and oxygen atoms in total. The van der Waals surface area contributed by atoms with Gasteiger partial charge in [0.2, 0.25) is 0 Å². The molecule has 0 saturated heterocycles. The van der Waals surface area contributed by atoms with E-state index < -0.39 is 0 Å². The number of aryl methyl sites for hydroxylation is 1. The molecule has 0 aliphatic carbocycles. The Morgan fingerprint density at radius 1 is 1.05 bits per heavy atom. The standard InChI is InChI=1S/C15H15N3O2S/c1-9-6-11-14(16-8-17-15(11)21-9)18-10-4-5-12(19-2)13(7-10)20-3/h4-8H,1-3H3,(H,16,17,18). The number of fused-ring (bicyclic) bond motifs is 1. The Labute approximate surface area is 126 Å². The van der Waals surface area contributed by atoms with Crippen molar-refractivity contribution in [2.45, 2.75) is 6.92 Å². The monoisotopic (exact) mass is 301 g/mol. The second-order valence-electron chi connectivity index (χ2n) is 4.49. The molecule has 1 N–H and O–H groups in total. The van der Waals surface area contributed by atoms with Crippen molar-refractivity contribution in [1.29, 1.82) is 0 Å². The smallest absolute Gasteiger partial charge is 0.162 e. The van der Waals surface area contributed by atoms with Crippen LogP contribution in [-0.2, 0) is 0 Å². The van der Waals surface area contributed by atoms with Crippen molar-refractivity contribution in [2.75, 3.05) is 19.5 Å². The van der Waals surface area contributed by atoms with Gasteiger partial charge in [-0.1, -0.05) is 0 Å². The highest BCUT2D eigenvalue weighted by Crippen LogP contribution is 2.33. The fourth-order valence-corrected chi connectivity index (χ4v) is 2.97. The summed E-state index contributed by atoms with van der Waals surface area (Å²) >= 11 is 1.65. The van der Waals surface area contributed by atoms with E-state index in [4.69, 9.17) is 9.47 Å². The van der Waals surface area contributed by atoms with Crippen LogP contribution in [0.25, 0.3) is 10.2 Å². The molecule has 0 aliphatic heterocycles. The zero-order valence-corrected chi connectivity index (χ0v) is 12.8. The highest BCUT2D eigenvalue weighted by Gasteiger charge is 2.09. The van der Waals surface area contributed by atoms with Gasteiger partial charge < -0.3 is 14.8 Å². The van der Waals surface area contributed by atoms with E-state index in [1.54, 1.807) is 31.9 Å². The fourth-order valence-electron chi connectivity index (χ4n) is 2.13. The maximum atomic E-state index is 5.31. The number of nitrogens with one attached hydrogen (secondary N) is 1. The molecule has 3 aromatic rings. The minimum absolute atomic E-state index is 0.675. The third-order valence-electron chi connectivity index (χ3n) is 3.10. The topological polar surface area (TPSA) is 56.3 Å². The van der Waals surface area contributed by atoms with Crippen LogP contribution in [0.3, 0.4) is 0 Å². The van der Waals surface area contributed by atoms with E-state index in [0.29, 0.717) is 11.5 Å². The molecule has 0 saturated carbocycles. The minimum Gasteiger partial charge on any atom is -0.493 e. The van der Waals surface area contributed by atoms with Crippen molar-refractivity contribution in [3.8, 4) is 11.5 Å². The van der Waals surface area contributed by atoms with Crippen LogP contribution in [0.15, 0.2) is 30.6 Å². The largest absolute Gasteiger partial charge is 0.493 e. The highest BCUT2D eigenvalue weighted by molar-refractivity contribution is 7.18. The van der Waals surface area contributed by atoms with Crippen molar-refractivity contribution in [2.24, 2.45) is 0 Å². The number of aromatic nitrogens is 2. The molecule has 0 fully saturated rings. The molecule has 3 rings (SSSR count). The second kappa shape index (κ2) is 5.57. The summed E-state index contributed by atoms with van der Waals surface area (Å²) in [5, 5.41) is 4.33. The van der Waals surface area contributed by atoms with Crippen LogP contribution in [0.4, 0.5) is 11.5 Å². The Morgan fingerprint density at radius 2 is 1.86 bits per heavy atom. The third-order valence-corrected chi connectivity index (χ3v) is 4.06. The molecule has 21 heavy (non-hydrogen) atoms. The van der Waals surface area contributed by atoms with E-state index in [9.17, 15) is 0 Å². The van der Waals surface area contributed by atoms with Gasteiger partial charge in [0.1, 0.15) is 17.0 Å². The van der Waals surface area contributed by atoms with Gasteiger partial charge in [0.05, 0.1) is 19.6 Å². The first-order valence-electron chi connectivity index (χ1n) is 6.41. The number of benzene rings is 1. The predicted molar refractivity (Wildman–Crippen MR) is 85.0 cm³/mol. The van der Waals surface area contributed by atoms with E-state index in [2.05, 4.69) is 28.3 Å². The van der Waals surface area contributed by atoms with Gasteiger partial charge in [-0.25, -0.2) is 9.97 Å². The third kappa shape index (κ3) is 2.62. The molecule has 1 aromatic carbocycles. The first-order valence-corrected chi connectivity index (χ1v) is 7.23. The van der Waals surface area contributed by atoms with Gasteiger partial charge in [-0.3, -0.25) is 0 Å². The first-order chi connectivity index (χ1) is 10.2. The van der Waals surface area contributed by atoms with Gasteiger partial charge >= 0.3 is 0 Å². The predicted octanol–water partition coefficient (Wildman–Crippen LogP) is 3.76. The highest BCUT2D eigenvalue weighted by atomic mass is 32.1. The van der Waals surface area contributed by atoms with E-state index in [-0.39, 0.29) is 0 Å². The zero-order valence-electron chi connectivity index (χ0n) is 12.0. The molecule has 2 heterocycles. The lowest BCUT2D eigenvalue weighted by molar-refractivity contribution is 0.355. The minimum atomic E-state index is 0.675. The summed E-state index contributed by atoms with van der Waals surface area (Å²) in [6.07, 6.45) is 1.57. The van der Waals surface area contributed by atoms with Gasteiger partial charge in [-0.2, -0.15) is 0 Å². The van der Waals surface area contributed by atoms with Crippen molar-refractivity contribution in [3.05, 3.63) is 35.5 Å². The molecule has 0 amide bonds. The summed E-state index contributed by atoms with van der Waals surface area (Å²) in [5.74, 6) is 2.16. The second-order valence-corrected chi connectivity index (χ2v) is 5.73. The lowest BCUT2D eigenvalue weighted by Gasteiger charge is -2.11. The summed E-state index contributed by atoms with van der Waals surface area (Å²) in [4.78, 5) is 10.8. The number of rotatable bonds is 4. The van der Waals surface area contributed by atoms with Crippen molar-refractivity contribution in [3.63, 3.8) is 0 Å². The summed E-state index contributed by atoms with van der Waals surface area (Å²) < 4.78 is 10.5. The average Bonchev–Trinajstić information content (AvgIpc) is 2.88. The van der Waals surface area contributed by atoms with E-state index in [0.717, 1.165) is 21.7 Å². The quantitative estimate of drug-likeness (QED) is 0.795. The molecule has 0 radical (unpaired) electrons. The SMILES string of the molecule is COc1ccc(Nc2ncnc3sc(C)cc23)cc1OC. The molecule has 0 bridgehead atoms. The normalized spacial score (nSPS) is 10.6. The maximum absolute atomic E-state index is 5.31. The number of thiophene rings is 1. The van der Waals surface area contributed by atoms with Crippen LogP contribution in [0.2, 0.25) is 0 Å². The number of methoxy groups -OCH3 is 2. The Kier molecular flexibility index (Phi) is 3.62. The summed E-state index contributed by atoms with van der Waals surface area (Å²) in [6, 6.07) is 7.75. The zero-order chi connectivity index (χ0) is 14.8. The molecule has 0 aliphatic rings. The van der Waals surface area contributed by atoms with E-state index in [1.165, 1.54) is 4.88 Å². The number of hydrogen-bond acceptors (Lipinski definition) is 6. The molecule has 0 unspecified atom stereocenters. The van der Waals surface area contributed by atoms with Crippen LogP contribution in [0.5, 0.6) is 11.5 Å². The van der Waals surface area contributed by atoms with E-state index >= 15 is 0 Å². The number of nitrogens with zero attached hydrogens (tertiary/aromatic N) is 2. The lowest BCUT2D eigenvalue weighted by Crippen LogP contribution is -1.96. The summed E-state index contributed by atoms with van der Waals surface area (Å²) in [6.45, 7) is 2.06. The fraction of sp³-hybridized carbons (Fsp3) is 0.200. The summed E-state index contributed by atoms with van der Waals surface area (Å²) in [7, 11) is 3.24. The molecule has 108 valence electrons. The van der Waals surface area contributed by atoms with Crippen molar-refractivity contribution < 1.29 is 9.47 Å². The van der Waals surface area contributed by atoms with Gasteiger partial charge in [0.15, 0.2) is 11.5 Å². The molecule has 0 spiro atoms. The van der Waals surface area contributed by atoms with E-state index in [1.807, 2.05) is 18.2 Å². The van der Waals surface area contributed by atoms with Crippen LogP contribution < -0.4 is 14.8 Å². The Balaban J connectivity index is 1.98. The van der Waals surface area contributed by atoms with Crippen molar-refractivity contribution >= 4 is 33.1 Å². The number of ether oxygens (including phenoxy) is 2. The summed E-state index contributed by atoms with van der Waals surface area (Å²) in [5.41, 5.74) is 0.886. The maximum Gasteiger partial charge on any atom is 0.162 e. The van der Waals surface area contributed by atoms with Gasteiger partial charge in [0, 0.05) is 16.6 Å². The Morgan fingerprint density at radius 3 is 2.62 bits per heavy atom. The van der Waals surface area contributed by atoms with Gasteiger partial charge in [-0.15, -0.1) is 11.3 Å². The Bertz CT molecular complexity index is 786. The Hall–Kier alpha value is -2.34. The van der Waals surface area contributed by atoms with Gasteiger partial charge in [0.25, 0.3) is 0 Å². The van der Waals surface area contributed by atoms with Crippen LogP contribution in [0.1, 0.15) is 4.88 Å². The number of anilines is 2. The number of hydrogen-bond donors (Lipinski definition) is 1. The van der Waals surface area contributed by atoms with Crippen LogP contribution in [-0.4, -0.2) is 24.2 Å². The molecular weight excluding hydrogens is 286 g/mol. The first kappa shape index (κ1) is 13.6. The van der Waals surface area contributed by atoms with Crippen molar-refractivity contribution in [1.82, 2.24) is 9.97 Å². The molecular formula is C15H15N3O2S. The molecule has 6 heteroatoms. The lowest BCUT2D eigenvalue weighted by atomic mass is 10.2. The van der Waals surface area contributed by atoms with Gasteiger partial charge in [-0.05, 0) is 25.1 Å². The molecule has 0 atom stereocenters. The average molecular weight is 301 g/mol. The van der Waals surface area contributed by atoms with Crippen LogP contribution >= 0.6 is 11.3 Å². The molecule has 2 aromatic heterocycles. The van der Waals surface area contributed by atoms with Crippen LogP contribution in [0, 0.1) is 6.92 Å².